The van der Waals surface area contributed by atoms with Gasteiger partial charge in [0, 0.05) is 11.6 Å². The Kier molecular flexibility index (Phi) is 3.10. The van der Waals surface area contributed by atoms with E-state index in [1.165, 1.54) is 17.8 Å². The summed E-state index contributed by atoms with van der Waals surface area (Å²) in [5.74, 6) is 0. The average Bonchev–Trinajstić information content (AvgIpc) is 2.28. The smallest absolute Gasteiger partial charge is 0.252 e. The fourth-order valence-corrected chi connectivity index (χ4v) is 1.88. The van der Waals surface area contributed by atoms with E-state index in [1.54, 1.807) is 0 Å². The zero-order valence-corrected chi connectivity index (χ0v) is 9.97. The molecule has 16 heavy (non-hydrogen) atoms. The van der Waals surface area contributed by atoms with Gasteiger partial charge in [-0.1, -0.05) is 35.5 Å². The molecule has 3 nitrogen and oxygen atoms in total. The largest absolute Gasteiger partial charge is 0.301 e. The number of aromatic nitrogens is 2. The monoisotopic (exact) mass is 232 g/mol. The van der Waals surface area contributed by atoms with Crippen LogP contribution in [0.3, 0.4) is 0 Å². The molecule has 0 fully saturated rings. The molecule has 2 aromatic rings. The number of benzene rings is 1. The Morgan fingerprint density at radius 1 is 1.31 bits per heavy atom. The van der Waals surface area contributed by atoms with Gasteiger partial charge in [0.25, 0.3) is 5.56 Å². The Morgan fingerprint density at radius 3 is 2.81 bits per heavy atom. The van der Waals surface area contributed by atoms with Crippen molar-refractivity contribution in [3.63, 3.8) is 0 Å². The van der Waals surface area contributed by atoms with Crippen LogP contribution in [0, 0.1) is 6.92 Å². The molecule has 1 aromatic heterocycles. The topological polar surface area (TPSA) is 45.8 Å². The minimum Gasteiger partial charge on any atom is -0.301 e. The Bertz CT molecular complexity index is 563. The predicted molar refractivity (Wildman–Crippen MR) is 66.8 cm³/mol. The first-order valence-corrected chi connectivity index (χ1v) is 6.14. The maximum Gasteiger partial charge on any atom is 0.252 e. The van der Waals surface area contributed by atoms with Gasteiger partial charge in [-0.3, -0.25) is 4.79 Å². The average molecular weight is 232 g/mol. The van der Waals surface area contributed by atoms with E-state index >= 15 is 0 Å². The van der Waals surface area contributed by atoms with Gasteiger partial charge in [-0.25, -0.2) is 4.98 Å². The highest BCUT2D eigenvalue weighted by Crippen LogP contribution is 2.18. The number of rotatable bonds is 2. The van der Waals surface area contributed by atoms with Crippen LogP contribution >= 0.6 is 11.8 Å². The zero-order valence-electron chi connectivity index (χ0n) is 9.15. The van der Waals surface area contributed by atoms with Crippen LogP contribution in [0.1, 0.15) is 5.56 Å². The molecule has 0 saturated heterocycles. The third-order valence-corrected chi connectivity index (χ3v) is 2.81. The van der Waals surface area contributed by atoms with Crippen LogP contribution in [-0.2, 0) is 0 Å². The van der Waals surface area contributed by atoms with E-state index in [0.29, 0.717) is 5.16 Å². The van der Waals surface area contributed by atoms with Gasteiger partial charge >= 0.3 is 0 Å². The van der Waals surface area contributed by atoms with Crippen LogP contribution in [0.5, 0.6) is 0 Å². The summed E-state index contributed by atoms with van der Waals surface area (Å²) in [5, 5.41) is 0.643. The van der Waals surface area contributed by atoms with Gasteiger partial charge in [0.2, 0.25) is 0 Å². The number of H-pyrrole nitrogens is 1. The number of thioether (sulfide) groups is 1. The molecule has 0 unspecified atom stereocenters. The number of hydrogen-bond donors (Lipinski definition) is 1. The van der Waals surface area contributed by atoms with Crippen molar-refractivity contribution in [1.82, 2.24) is 9.97 Å². The number of hydrogen-bond acceptors (Lipinski definition) is 3. The fraction of sp³-hybridized carbons (Fsp3) is 0.167. The molecule has 0 amide bonds. The lowest BCUT2D eigenvalue weighted by atomic mass is 10.1. The van der Waals surface area contributed by atoms with Crippen LogP contribution in [0.2, 0.25) is 0 Å². The molecule has 1 aromatic carbocycles. The van der Waals surface area contributed by atoms with Gasteiger partial charge in [-0.15, -0.1) is 0 Å². The molecular formula is C12H12N2OS. The summed E-state index contributed by atoms with van der Waals surface area (Å²) in [7, 11) is 0. The third kappa shape index (κ3) is 2.33. The summed E-state index contributed by atoms with van der Waals surface area (Å²) in [5.41, 5.74) is 2.74. The first-order chi connectivity index (χ1) is 7.69. The second kappa shape index (κ2) is 4.53. The second-order valence-electron chi connectivity index (χ2n) is 3.51. The molecule has 82 valence electrons. The first kappa shape index (κ1) is 11.0. The van der Waals surface area contributed by atoms with Crippen molar-refractivity contribution in [3.05, 3.63) is 46.2 Å². The Balaban J connectivity index is 2.55. The molecular weight excluding hydrogens is 220 g/mol. The Labute approximate surface area is 97.9 Å². The molecule has 1 N–H and O–H groups in total. The van der Waals surface area contributed by atoms with E-state index in [-0.39, 0.29) is 5.56 Å². The predicted octanol–water partition coefficient (Wildman–Crippen LogP) is 2.47. The third-order valence-electron chi connectivity index (χ3n) is 2.23. The van der Waals surface area contributed by atoms with Crippen molar-refractivity contribution >= 4 is 11.8 Å². The molecule has 2 rings (SSSR count). The van der Waals surface area contributed by atoms with E-state index in [0.717, 1.165) is 16.8 Å². The van der Waals surface area contributed by atoms with Crippen molar-refractivity contribution < 1.29 is 0 Å². The Morgan fingerprint density at radius 2 is 2.12 bits per heavy atom. The second-order valence-corrected chi connectivity index (χ2v) is 4.30. The standard InChI is InChI=1S/C12H12N2OS/c1-8-4-3-5-9(6-8)10-7-11(15)14-12(13-10)16-2/h3-7H,1-2H3,(H,13,14,15). The highest BCUT2D eigenvalue weighted by Gasteiger charge is 2.03. The summed E-state index contributed by atoms with van der Waals surface area (Å²) in [6, 6.07) is 9.48. The van der Waals surface area contributed by atoms with E-state index in [9.17, 15) is 4.79 Å². The van der Waals surface area contributed by atoms with Crippen LogP contribution in [-0.4, -0.2) is 16.2 Å². The quantitative estimate of drug-likeness (QED) is 0.639. The normalized spacial score (nSPS) is 10.4. The number of nitrogens with zero attached hydrogens (tertiary/aromatic N) is 1. The summed E-state index contributed by atoms with van der Waals surface area (Å²) in [6.45, 7) is 2.02. The summed E-state index contributed by atoms with van der Waals surface area (Å²) in [4.78, 5) is 18.5. The highest BCUT2D eigenvalue weighted by molar-refractivity contribution is 7.98. The lowest BCUT2D eigenvalue weighted by Crippen LogP contribution is -2.07. The maximum absolute atomic E-state index is 11.4. The van der Waals surface area contributed by atoms with Gasteiger partial charge < -0.3 is 4.98 Å². The summed E-state index contributed by atoms with van der Waals surface area (Å²) in [6.07, 6.45) is 1.89. The summed E-state index contributed by atoms with van der Waals surface area (Å²) < 4.78 is 0. The molecule has 0 aliphatic heterocycles. The molecule has 0 atom stereocenters. The zero-order chi connectivity index (χ0) is 11.5. The lowest BCUT2D eigenvalue weighted by molar-refractivity contribution is 0.945. The fourth-order valence-electron chi connectivity index (χ4n) is 1.48. The molecule has 0 radical (unpaired) electrons. The minimum absolute atomic E-state index is 0.115. The van der Waals surface area contributed by atoms with E-state index in [1.807, 2.05) is 37.4 Å². The Hall–Kier alpha value is -1.55. The maximum atomic E-state index is 11.4. The van der Waals surface area contributed by atoms with Crippen molar-refractivity contribution in [2.45, 2.75) is 12.1 Å². The number of aromatic amines is 1. The van der Waals surface area contributed by atoms with Gasteiger partial charge in [0.1, 0.15) is 0 Å². The van der Waals surface area contributed by atoms with Crippen molar-refractivity contribution in [3.8, 4) is 11.3 Å². The van der Waals surface area contributed by atoms with Gasteiger partial charge in [0.15, 0.2) is 5.16 Å². The van der Waals surface area contributed by atoms with E-state index in [2.05, 4.69) is 9.97 Å². The number of nitrogens with one attached hydrogen (secondary N) is 1. The first-order valence-electron chi connectivity index (χ1n) is 4.91. The molecule has 0 bridgehead atoms. The van der Waals surface area contributed by atoms with Crippen LogP contribution in [0.4, 0.5) is 0 Å². The van der Waals surface area contributed by atoms with Crippen molar-refractivity contribution in [2.75, 3.05) is 6.26 Å². The molecule has 1 heterocycles. The lowest BCUT2D eigenvalue weighted by Gasteiger charge is -2.03. The van der Waals surface area contributed by atoms with Crippen molar-refractivity contribution in [1.29, 1.82) is 0 Å². The van der Waals surface area contributed by atoms with Crippen LogP contribution in [0.25, 0.3) is 11.3 Å². The molecule has 0 aliphatic rings. The van der Waals surface area contributed by atoms with Gasteiger partial charge in [0.05, 0.1) is 5.69 Å². The van der Waals surface area contributed by atoms with Crippen molar-refractivity contribution in [2.24, 2.45) is 0 Å². The molecule has 0 aliphatic carbocycles. The van der Waals surface area contributed by atoms with E-state index < -0.39 is 0 Å². The van der Waals surface area contributed by atoms with Crippen LogP contribution in [0.15, 0.2) is 40.3 Å². The molecule has 0 spiro atoms. The van der Waals surface area contributed by atoms with Crippen LogP contribution < -0.4 is 5.56 Å². The summed E-state index contributed by atoms with van der Waals surface area (Å²) >= 11 is 1.43. The number of aryl methyl sites for hydroxylation is 1. The highest BCUT2D eigenvalue weighted by atomic mass is 32.2. The molecule has 4 heteroatoms. The van der Waals surface area contributed by atoms with E-state index in [4.69, 9.17) is 0 Å². The van der Waals surface area contributed by atoms with Gasteiger partial charge in [-0.2, -0.15) is 0 Å². The van der Waals surface area contributed by atoms with Gasteiger partial charge in [-0.05, 0) is 19.2 Å². The minimum atomic E-state index is -0.115. The SMILES string of the molecule is CSc1nc(-c2cccc(C)c2)cc(=O)[nH]1. The molecule has 0 saturated carbocycles.